The SMILES string of the molecule is O=C(NC1CC2(CCNCC2)c2ccccc21)c1cc(-c2ccc(O)cc2)nc2[nH]ncc12.O=C(O)c1cc(-c2ccc(O)cc2)nc2[nH]ncc12. The highest BCUT2D eigenvalue weighted by molar-refractivity contribution is 6.06. The van der Waals surface area contributed by atoms with E-state index < -0.39 is 5.97 Å². The van der Waals surface area contributed by atoms with E-state index in [1.807, 2.05) is 0 Å². The monoisotopic (exact) mass is 694 g/mol. The highest BCUT2D eigenvalue weighted by Gasteiger charge is 2.44. The fourth-order valence-corrected chi connectivity index (χ4v) is 7.42. The van der Waals surface area contributed by atoms with Gasteiger partial charge in [0.15, 0.2) is 11.3 Å². The average Bonchev–Trinajstić information content (AvgIpc) is 3.91. The number of piperidine rings is 1. The minimum absolute atomic E-state index is 0.0287. The number of aromatic hydroxyl groups is 2. The number of amides is 1. The first-order valence-corrected chi connectivity index (χ1v) is 16.9. The first kappa shape index (κ1) is 32.6. The number of phenolic OH excluding ortho intramolecular Hbond substituents is 2. The molecule has 52 heavy (non-hydrogen) atoms. The maximum atomic E-state index is 13.6. The number of carbonyl (C=O) groups is 2. The van der Waals surface area contributed by atoms with Crippen molar-refractivity contribution in [1.82, 2.24) is 41.0 Å². The molecule has 1 fully saturated rings. The average molecular weight is 695 g/mol. The van der Waals surface area contributed by atoms with E-state index in [-0.39, 0.29) is 34.4 Å². The third-order valence-corrected chi connectivity index (χ3v) is 10.0. The fourth-order valence-electron chi connectivity index (χ4n) is 7.42. The van der Waals surface area contributed by atoms with Crippen LogP contribution >= 0.6 is 0 Å². The molecule has 7 aromatic rings. The molecule has 2 aliphatic rings. The maximum absolute atomic E-state index is 13.6. The lowest BCUT2D eigenvalue weighted by atomic mass is 9.74. The number of hydrogen-bond donors (Lipinski definition) is 7. The molecule has 1 aliphatic heterocycles. The van der Waals surface area contributed by atoms with Crippen molar-refractivity contribution in [3.05, 3.63) is 120 Å². The predicted octanol–water partition coefficient (Wildman–Crippen LogP) is 5.86. The normalized spacial score (nSPS) is 16.0. The number of phenols is 2. The van der Waals surface area contributed by atoms with Crippen LogP contribution in [0.2, 0.25) is 0 Å². The topological polar surface area (TPSA) is 202 Å². The molecule has 7 N–H and O–H groups in total. The molecule has 13 nitrogen and oxygen atoms in total. The number of rotatable bonds is 5. The maximum Gasteiger partial charge on any atom is 0.336 e. The van der Waals surface area contributed by atoms with Gasteiger partial charge in [0.2, 0.25) is 0 Å². The molecule has 4 aromatic heterocycles. The first-order chi connectivity index (χ1) is 25.3. The Morgan fingerprint density at radius 3 is 1.85 bits per heavy atom. The Morgan fingerprint density at radius 1 is 0.731 bits per heavy atom. The molecule has 0 bridgehead atoms. The number of hydrogen-bond acceptors (Lipinski definition) is 9. The summed E-state index contributed by atoms with van der Waals surface area (Å²) in [6, 6.07) is 25.0. The molecular formula is C39H34N8O5. The number of nitrogens with zero attached hydrogens (tertiary/aromatic N) is 4. The summed E-state index contributed by atoms with van der Waals surface area (Å²) in [5.74, 6) is -0.834. The molecule has 1 saturated heterocycles. The van der Waals surface area contributed by atoms with Crippen molar-refractivity contribution in [3.8, 4) is 34.0 Å². The van der Waals surface area contributed by atoms with Gasteiger partial charge < -0.3 is 26.0 Å². The molecule has 260 valence electrons. The van der Waals surface area contributed by atoms with Crippen LogP contribution in [0.1, 0.15) is 57.1 Å². The van der Waals surface area contributed by atoms with Crippen LogP contribution in [-0.4, -0.2) is 70.6 Å². The van der Waals surface area contributed by atoms with Crippen LogP contribution in [0, 0.1) is 0 Å². The molecule has 0 radical (unpaired) electrons. The first-order valence-electron chi connectivity index (χ1n) is 16.9. The van der Waals surface area contributed by atoms with Gasteiger partial charge in [0.25, 0.3) is 5.91 Å². The summed E-state index contributed by atoms with van der Waals surface area (Å²) in [6.45, 7) is 2.01. The molecule has 3 aromatic carbocycles. The highest BCUT2D eigenvalue weighted by Crippen LogP contribution is 2.50. The van der Waals surface area contributed by atoms with Gasteiger partial charge in [0, 0.05) is 16.5 Å². The Balaban J connectivity index is 0.000000173. The molecule has 0 saturated carbocycles. The number of carbonyl (C=O) groups excluding carboxylic acids is 1. The van der Waals surface area contributed by atoms with Gasteiger partial charge in [-0.05, 0) is 104 Å². The van der Waals surface area contributed by atoms with Gasteiger partial charge >= 0.3 is 5.97 Å². The lowest BCUT2D eigenvalue weighted by Gasteiger charge is -2.35. The summed E-state index contributed by atoms with van der Waals surface area (Å²) in [4.78, 5) is 33.8. The molecule has 1 spiro atoms. The van der Waals surface area contributed by atoms with Crippen molar-refractivity contribution in [3.63, 3.8) is 0 Å². The van der Waals surface area contributed by atoms with Crippen LogP contribution in [0.5, 0.6) is 11.5 Å². The predicted molar refractivity (Wildman–Crippen MR) is 194 cm³/mol. The van der Waals surface area contributed by atoms with Gasteiger partial charge in [-0.25, -0.2) is 14.8 Å². The number of carboxylic acid groups (broad SMARTS) is 1. The Labute approximate surface area is 296 Å². The number of fused-ring (bicyclic) bond motifs is 4. The number of nitrogens with one attached hydrogen (secondary N) is 4. The zero-order valence-electron chi connectivity index (χ0n) is 27.8. The van der Waals surface area contributed by atoms with Crippen molar-refractivity contribution >= 4 is 33.9 Å². The molecule has 1 amide bonds. The summed E-state index contributed by atoms with van der Waals surface area (Å²) in [5, 5.41) is 49.5. The molecule has 5 heterocycles. The number of aromatic amines is 2. The minimum Gasteiger partial charge on any atom is -0.508 e. The number of pyridine rings is 2. The third-order valence-electron chi connectivity index (χ3n) is 10.0. The standard InChI is InChI=1S/C26H25N5O2.C13H9N3O3/c32-17-7-5-16(6-8-17)22-13-19(20-15-28-31-24(20)29-22)25(33)30-23-14-26(9-11-27-12-10-26)21-4-2-1-3-18(21)23;17-8-3-1-7(2-4-8)11-5-9(13(18)19)10-6-14-16-12(10)15-11/h1-8,13,15,23,27,32H,9-12,14H2,(H,30,33)(H,28,29,31);1-6,17H,(H,18,19)(H,14,15,16). The van der Waals surface area contributed by atoms with E-state index >= 15 is 0 Å². The summed E-state index contributed by atoms with van der Waals surface area (Å²) in [6.07, 6.45) is 6.18. The van der Waals surface area contributed by atoms with Crippen molar-refractivity contribution < 1.29 is 24.9 Å². The second kappa shape index (κ2) is 13.3. The fraction of sp³-hybridized carbons (Fsp3) is 0.179. The van der Waals surface area contributed by atoms with Crippen LogP contribution in [-0.2, 0) is 5.41 Å². The zero-order valence-corrected chi connectivity index (χ0v) is 27.8. The van der Waals surface area contributed by atoms with Gasteiger partial charge in [0.05, 0.1) is 51.7 Å². The third kappa shape index (κ3) is 6.07. The molecule has 1 unspecified atom stereocenters. The summed E-state index contributed by atoms with van der Waals surface area (Å²) < 4.78 is 0. The van der Waals surface area contributed by atoms with E-state index in [1.165, 1.54) is 35.5 Å². The molecule has 13 heteroatoms. The quantitative estimate of drug-likeness (QED) is 0.114. The molecular weight excluding hydrogens is 660 g/mol. The second-order valence-corrected chi connectivity index (χ2v) is 13.1. The van der Waals surface area contributed by atoms with Gasteiger partial charge in [-0.3, -0.25) is 15.0 Å². The van der Waals surface area contributed by atoms with E-state index in [0.717, 1.165) is 43.5 Å². The van der Waals surface area contributed by atoms with Gasteiger partial charge in [-0.1, -0.05) is 24.3 Å². The Bertz CT molecular complexity index is 2430. The smallest absolute Gasteiger partial charge is 0.336 e. The molecule has 9 rings (SSSR count). The minimum atomic E-state index is -1.03. The lowest BCUT2D eigenvalue weighted by molar-refractivity contribution is 0.0698. The van der Waals surface area contributed by atoms with Crippen molar-refractivity contribution in [2.45, 2.75) is 30.7 Å². The second-order valence-electron chi connectivity index (χ2n) is 13.1. The van der Waals surface area contributed by atoms with Crippen molar-refractivity contribution in [1.29, 1.82) is 0 Å². The van der Waals surface area contributed by atoms with Crippen LogP contribution in [0.3, 0.4) is 0 Å². The van der Waals surface area contributed by atoms with Gasteiger partial charge in [-0.15, -0.1) is 0 Å². The van der Waals surface area contributed by atoms with Crippen LogP contribution in [0.25, 0.3) is 44.6 Å². The van der Waals surface area contributed by atoms with Crippen molar-refractivity contribution in [2.24, 2.45) is 0 Å². The Morgan fingerprint density at radius 2 is 1.27 bits per heavy atom. The van der Waals surface area contributed by atoms with E-state index in [4.69, 9.17) is 0 Å². The summed E-state index contributed by atoms with van der Waals surface area (Å²) >= 11 is 0. The van der Waals surface area contributed by atoms with Crippen LogP contribution in [0.4, 0.5) is 0 Å². The number of benzene rings is 3. The zero-order chi connectivity index (χ0) is 35.8. The Kier molecular flexibility index (Phi) is 8.32. The lowest BCUT2D eigenvalue weighted by Crippen LogP contribution is -2.39. The summed E-state index contributed by atoms with van der Waals surface area (Å²) in [7, 11) is 0. The number of carboxylic acids is 1. The number of H-pyrrole nitrogens is 2. The van der Waals surface area contributed by atoms with Gasteiger partial charge in [0.1, 0.15) is 11.5 Å². The number of aromatic carboxylic acids is 1. The number of aromatic nitrogens is 6. The summed E-state index contributed by atoms with van der Waals surface area (Å²) in [5.41, 5.74) is 7.09. The molecule has 1 aliphatic carbocycles. The van der Waals surface area contributed by atoms with Gasteiger partial charge in [-0.2, -0.15) is 10.2 Å². The van der Waals surface area contributed by atoms with E-state index in [9.17, 15) is 24.9 Å². The van der Waals surface area contributed by atoms with Crippen molar-refractivity contribution in [2.75, 3.05) is 13.1 Å². The Hall–Kier alpha value is -6.60. The largest absolute Gasteiger partial charge is 0.508 e. The van der Waals surface area contributed by atoms with Crippen LogP contribution < -0.4 is 10.6 Å². The van der Waals surface area contributed by atoms with E-state index in [2.05, 4.69) is 65.3 Å². The van der Waals surface area contributed by atoms with Crippen LogP contribution in [0.15, 0.2) is 97.3 Å². The molecule has 1 atom stereocenters. The van der Waals surface area contributed by atoms with E-state index in [1.54, 1.807) is 48.7 Å². The highest BCUT2D eigenvalue weighted by atomic mass is 16.4. The van der Waals surface area contributed by atoms with E-state index in [0.29, 0.717) is 39.0 Å².